The van der Waals surface area contributed by atoms with Crippen LogP contribution in [-0.2, 0) is 16.4 Å². The highest BCUT2D eigenvalue weighted by Crippen LogP contribution is 2.27. The predicted octanol–water partition coefficient (Wildman–Crippen LogP) is 4.96. The van der Waals surface area contributed by atoms with Crippen molar-refractivity contribution in [3.63, 3.8) is 0 Å². The molecule has 3 aromatic rings. The maximum absolute atomic E-state index is 13.2. The summed E-state index contributed by atoms with van der Waals surface area (Å²) in [5, 5.41) is 11.4. The van der Waals surface area contributed by atoms with Crippen LogP contribution in [0.3, 0.4) is 0 Å². The Morgan fingerprint density at radius 3 is 2.17 bits per heavy atom. The molecule has 0 spiro atoms. The lowest BCUT2D eigenvalue weighted by Crippen LogP contribution is -2.37. The summed E-state index contributed by atoms with van der Waals surface area (Å²) in [5.41, 5.74) is 1.79. The molecule has 7 nitrogen and oxygen atoms in total. The number of nitrogens with zero attached hydrogens (tertiary/aromatic N) is 2. The molecule has 8 heteroatoms. The summed E-state index contributed by atoms with van der Waals surface area (Å²) in [6.45, 7) is 2.71. The molecule has 1 heterocycles. The molecule has 1 unspecified atom stereocenters. The van der Waals surface area contributed by atoms with Gasteiger partial charge in [-0.2, -0.15) is 0 Å². The van der Waals surface area contributed by atoms with Gasteiger partial charge in [-0.1, -0.05) is 72.8 Å². The Morgan fingerprint density at radius 2 is 1.51 bits per heavy atom. The lowest BCUT2D eigenvalue weighted by Gasteiger charge is -2.33. The van der Waals surface area contributed by atoms with Crippen LogP contribution < -0.4 is 4.72 Å². The van der Waals surface area contributed by atoms with E-state index in [-0.39, 0.29) is 4.90 Å². The van der Waals surface area contributed by atoms with E-state index in [9.17, 15) is 18.5 Å². The van der Waals surface area contributed by atoms with Gasteiger partial charge in [-0.05, 0) is 68.4 Å². The van der Waals surface area contributed by atoms with Gasteiger partial charge in [0.05, 0.1) is 4.92 Å². The number of nitro groups is 1. The molecule has 4 rings (SSSR count). The van der Waals surface area contributed by atoms with Crippen LogP contribution >= 0.6 is 0 Å². The molecule has 0 amide bonds. The van der Waals surface area contributed by atoms with Crippen LogP contribution in [0.4, 0.5) is 5.69 Å². The molecule has 3 aromatic carbocycles. The van der Waals surface area contributed by atoms with E-state index in [1.165, 1.54) is 29.8 Å². The number of nitro benzene ring substituents is 1. The maximum Gasteiger partial charge on any atom is 0.289 e. The fourth-order valence-electron chi connectivity index (χ4n) is 4.74. The van der Waals surface area contributed by atoms with Crippen LogP contribution in [0.25, 0.3) is 0 Å². The summed E-state index contributed by atoms with van der Waals surface area (Å²) in [5.74, 6) is 0.663. The second-order valence-corrected chi connectivity index (χ2v) is 10.8. The van der Waals surface area contributed by atoms with Crippen LogP contribution in [0, 0.1) is 16.0 Å². The second kappa shape index (κ2) is 11.6. The van der Waals surface area contributed by atoms with Gasteiger partial charge in [-0.15, -0.1) is 0 Å². The Labute approximate surface area is 207 Å². The lowest BCUT2D eigenvalue weighted by molar-refractivity contribution is -0.387. The smallest absolute Gasteiger partial charge is 0.289 e. The fourth-order valence-corrected chi connectivity index (χ4v) is 6.17. The molecule has 0 saturated carbocycles. The zero-order chi connectivity index (χ0) is 24.7. The van der Waals surface area contributed by atoms with E-state index in [1.807, 2.05) is 36.4 Å². The van der Waals surface area contributed by atoms with Crippen LogP contribution in [0.5, 0.6) is 0 Å². The summed E-state index contributed by atoms with van der Waals surface area (Å²) in [6.07, 6.45) is 3.91. The number of benzene rings is 3. The lowest BCUT2D eigenvalue weighted by atomic mass is 9.90. The molecule has 1 atom stereocenters. The van der Waals surface area contributed by atoms with E-state index in [4.69, 9.17) is 0 Å². The number of hydrogen-bond donors (Lipinski definition) is 1. The molecule has 0 radical (unpaired) electrons. The minimum absolute atomic E-state index is 0.312. The molecular formula is C27H31N3O4S. The highest BCUT2D eigenvalue weighted by Gasteiger charge is 2.29. The van der Waals surface area contributed by atoms with Gasteiger partial charge in [-0.25, -0.2) is 13.1 Å². The van der Waals surface area contributed by atoms with Crippen molar-refractivity contribution in [1.82, 2.24) is 9.62 Å². The molecule has 35 heavy (non-hydrogen) atoms. The van der Waals surface area contributed by atoms with Gasteiger partial charge in [0.15, 0.2) is 4.90 Å². The van der Waals surface area contributed by atoms with Gasteiger partial charge < -0.3 is 4.90 Å². The Balaban J connectivity index is 1.41. The van der Waals surface area contributed by atoms with E-state index in [2.05, 4.69) is 33.9 Å². The first-order valence-electron chi connectivity index (χ1n) is 12.0. The van der Waals surface area contributed by atoms with Crippen molar-refractivity contribution in [3.05, 3.63) is 106 Å². The summed E-state index contributed by atoms with van der Waals surface area (Å²) in [6, 6.07) is 24.9. The molecule has 184 valence electrons. The van der Waals surface area contributed by atoms with Crippen molar-refractivity contribution in [3.8, 4) is 0 Å². The number of sulfonamides is 1. The fraction of sp³-hybridized carbons (Fsp3) is 0.333. The highest BCUT2D eigenvalue weighted by atomic mass is 32.2. The van der Waals surface area contributed by atoms with Crippen molar-refractivity contribution < 1.29 is 13.3 Å². The van der Waals surface area contributed by atoms with Gasteiger partial charge in [0.25, 0.3) is 5.69 Å². The number of para-hydroxylation sites is 1. The third-order valence-corrected chi connectivity index (χ3v) is 8.18. The topological polar surface area (TPSA) is 92.5 Å². The van der Waals surface area contributed by atoms with E-state index in [0.717, 1.165) is 44.5 Å². The Kier molecular flexibility index (Phi) is 8.28. The van der Waals surface area contributed by atoms with Gasteiger partial charge in [-0.3, -0.25) is 10.1 Å². The molecule has 1 saturated heterocycles. The summed E-state index contributed by atoms with van der Waals surface area (Å²) in [7, 11) is -4.09. The number of piperidine rings is 1. The molecule has 1 aliphatic heterocycles. The Bertz CT molecular complexity index is 1210. The molecule has 0 aromatic heterocycles. The first-order chi connectivity index (χ1) is 16.9. The van der Waals surface area contributed by atoms with E-state index < -0.39 is 26.7 Å². The Morgan fingerprint density at radius 1 is 0.914 bits per heavy atom. The maximum atomic E-state index is 13.2. The van der Waals surface area contributed by atoms with Crippen molar-refractivity contribution in [1.29, 1.82) is 0 Å². The zero-order valence-electron chi connectivity index (χ0n) is 19.6. The summed E-state index contributed by atoms with van der Waals surface area (Å²) in [4.78, 5) is 12.8. The third-order valence-electron chi connectivity index (χ3n) is 6.66. The van der Waals surface area contributed by atoms with Gasteiger partial charge in [0.1, 0.15) is 0 Å². The minimum atomic E-state index is -4.09. The van der Waals surface area contributed by atoms with E-state index in [1.54, 1.807) is 0 Å². The standard InChI is InChI=1S/C27H31N3O4S/c31-30(32)26-13-7-8-14-27(26)35(33,34)28-25(24-11-5-2-6-12-24)17-20-29-18-15-23(16-19-29)21-22-9-3-1-4-10-22/h1-14,23,25,28H,15-21H2. The summed E-state index contributed by atoms with van der Waals surface area (Å²) >= 11 is 0. The Hall–Kier alpha value is -3.07. The highest BCUT2D eigenvalue weighted by molar-refractivity contribution is 7.89. The molecule has 1 aliphatic rings. The first kappa shape index (κ1) is 25.0. The normalized spacial score (nSPS) is 16.1. The largest absolute Gasteiger partial charge is 0.303 e. The SMILES string of the molecule is O=[N+]([O-])c1ccccc1S(=O)(=O)NC(CCN1CCC(Cc2ccccc2)CC1)c1ccccc1. The van der Waals surface area contributed by atoms with Gasteiger partial charge >= 0.3 is 0 Å². The zero-order valence-corrected chi connectivity index (χ0v) is 20.4. The van der Waals surface area contributed by atoms with E-state index in [0.29, 0.717) is 12.3 Å². The molecule has 0 aliphatic carbocycles. The molecular weight excluding hydrogens is 462 g/mol. The van der Waals surface area contributed by atoms with Crippen molar-refractivity contribution in [2.24, 2.45) is 5.92 Å². The number of rotatable bonds is 10. The van der Waals surface area contributed by atoms with Crippen LogP contribution in [0.15, 0.2) is 89.8 Å². The van der Waals surface area contributed by atoms with Crippen LogP contribution in [0.1, 0.15) is 36.4 Å². The molecule has 0 bridgehead atoms. The van der Waals surface area contributed by atoms with Crippen molar-refractivity contribution in [2.45, 2.75) is 36.6 Å². The van der Waals surface area contributed by atoms with Crippen molar-refractivity contribution in [2.75, 3.05) is 19.6 Å². The van der Waals surface area contributed by atoms with Crippen LogP contribution in [-0.4, -0.2) is 37.9 Å². The average molecular weight is 494 g/mol. The quantitative estimate of drug-likeness (QED) is 0.318. The third kappa shape index (κ3) is 6.75. The molecule has 1 N–H and O–H groups in total. The van der Waals surface area contributed by atoms with Crippen LogP contribution in [0.2, 0.25) is 0 Å². The van der Waals surface area contributed by atoms with Crippen molar-refractivity contribution >= 4 is 15.7 Å². The first-order valence-corrected chi connectivity index (χ1v) is 13.5. The number of nitrogens with one attached hydrogen (secondary N) is 1. The minimum Gasteiger partial charge on any atom is -0.303 e. The number of hydrogen-bond acceptors (Lipinski definition) is 5. The second-order valence-electron chi connectivity index (χ2n) is 9.07. The average Bonchev–Trinajstić information content (AvgIpc) is 2.88. The monoisotopic (exact) mass is 493 g/mol. The number of likely N-dealkylation sites (tertiary alicyclic amines) is 1. The van der Waals surface area contributed by atoms with E-state index >= 15 is 0 Å². The van der Waals surface area contributed by atoms with Gasteiger partial charge in [0.2, 0.25) is 10.0 Å². The summed E-state index contributed by atoms with van der Waals surface area (Å²) < 4.78 is 29.1. The van der Waals surface area contributed by atoms with Gasteiger partial charge in [0, 0.05) is 12.1 Å². The predicted molar refractivity (Wildman–Crippen MR) is 137 cm³/mol. The molecule has 1 fully saturated rings.